The molecule has 2 N–H and O–H groups in total. The number of rotatable bonds is 6. The van der Waals surface area contributed by atoms with Gasteiger partial charge in [0.25, 0.3) is 0 Å². The summed E-state index contributed by atoms with van der Waals surface area (Å²) in [6.07, 6.45) is 5.07. The molecule has 0 spiro atoms. The standard InChI is InChI=1S/C13H17N5O/c1-18(5-6-19)13-7-12(16-10-17-13)15-9-11-3-2-4-14-8-11/h2-4,7-8,10,19H,5-6,9H2,1H3,(H,15,16,17). The van der Waals surface area contributed by atoms with Gasteiger partial charge in [0, 0.05) is 38.6 Å². The lowest BCUT2D eigenvalue weighted by Gasteiger charge is -2.17. The summed E-state index contributed by atoms with van der Waals surface area (Å²) >= 11 is 0. The predicted octanol–water partition coefficient (Wildman–Crippen LogP) is 0.912. The Hall–Kier alpha value is -2.21. The van der Waals surface area contributed by atoms with Crippen LogP contribution in [0.25, 0.3) is 0 Å². The molecule has 0 amide bonds. The Bertz CT molecular complexity index is 505. The number of nitrogens with zero attached hydrogens (tertiary/aromatic N) is 4. The van der Waals surface area contributed by atoms with Crippen molar-refractivity contribution in [1.82, 2.24) is 15.0 Å². The fourth-order valence-corrected chi connectivity index (χ4v) is 1.61. The second-order valence-electron chi connectivity index (χ2n) is 4.12. The van der Waals surface area contributed by atoms with Crippen molar-refractivity contribution in [2.75, 3.05) is 30.4 Å². The van der Waals surface area contributed by atoms with E-state index < -0.39 is 0 Å². The summed E-state index contributed by atoms with van der Waals surface area (Å²) in [6.45, 7) is 1.30. The van der Waals surface area contributed by atoms with Crippen LogP contribution in [0, 0.1) is 0 Å². The smallest absolute Gasteiger partial charge is 0.133 e. The molecule has 0 aromatic carbocycles. The van der Waals surface area contributed by atoms with Crippen molar-refractivity contribution in [2.45, 2.75) is 6.54 Å². The Labute approximate surface area is 112 Å². The van der Waals surface area contributed by atoms with E-state index in [2.05, 4.69) is 20.3 Å². The highest BCUT2D eigenvalue weighted by molar-refractivity contribution is 5.48. The SMILES string of the molecule is CN(CCO)c1cc(NCc2cccnc2)ncn1. The first-order chi connectivity index (χ1) is 9.29. The third kappa shape index (κ3) is 3.89. The van der Waals surface area contributed by atoms with E-state index in [1.165, 1.54) is 6.33 Å². The van der Waals surface area contributed by atoms with E-state index in [9.17, 15) is 0 Å². The molecule has 2 aromatic rings. The van der Waals surface area contributed by atoms with E-state index in [1.807, 2.05) is 36.3 Å². The quantitative estimate of drug-likeness (QED) is 0.803. The molecule has 19 heavy (non-hydrogen) atoms. The van der Waals surface area contributed by atoms with Crippen molar-refractivity contribution in [3.8, 4) is 0 Å². The van der Waals surface area contributed by atoms with Crippen LogP contribution in [-0.4, -0.2) is 40.3 Å². The monoisotopic (exact) mass is 259 g/mol. The van der Waals surface area contributed by atoms with Gasteiger partial charge in [-0.05, 0) is 11.6 Å². The van der Waals surface area contributed by atoms with Gasteiger partial charge in [0.15, 0.2) is 0 Å². The van der Waals surface area contributed by atoms with Gasteiger partial charge in [-0.15, -0.1) is 0 Å². The Morgan fingerprint density at radius 1 is 1.37 bits per heavy atom. The molecule has 0 aliphatic carbocycles. The summed E-state index contributed by atoms with van der Waals surface area (Å²) in [7, 11) is 1.88. The van der Waals surface area contributed by atoms with Crippen molar-refractivity contribution in [3.63, 3.8) is 0 Å². The minimum Gasteiger partial charge on any atom is -0.395 e. The molecule has 100 valence electrons. The second kappa shape index (κ2) is 6.65. The van der Waals surface area contributed by atoms with Crippen molar-refractivity contribution >= 4 is 11.6 Å². The van der Waals surface area contributed by atoms with Crippen molar-refractivity contribution in [2.24, 2.45) is 0 Å². The van der Waals surface area contributed by atoms with E-state index >= 15 is 0 Å². The zero-order valence-electron chi connectivity index (χ0n) is 10.8. The zero-order chi connectivity index (χ0) is 13.5. The average molecular weight is 259 g/mol. The van der Waals surface area contributed by atoms with Gasteiger partial charge in [-0.1, -0.05) is 6.07 Å². The normalized spacial score (nSPS) is 10.2. The highest BCUT2D eigenvalue weighted by atomic mass is 16.3. The van der Waals surface area contributed by atoms with E-state index in [4.69, 9.17) is 5.11 Å². The molecular formula is C13H17N5O. The average Bonchev–Trinajstić information content (AvgIpc) is 2.47. The molecule has 0 aliphatic rings. The molecule has 0 atom stereocenters. The lowest BCUT2D eigenvalue weighted by molar-refractivity contribution is 0.304. The fraction of sp³-hybridized carbons (Fsp3) is 0.308. The van der Waals surface area contributed by atoms with Crippen LogP contribution < -0.4 is 10.2 Å². The minimum absolute atomic E-state index is 0.0962. The topological polar surface area (TPSA) is 74.2 Å². The summed E-state index contributed by atoms with van der Waals surface area (Å²) < 4.78 is 0. The first kappa shape index (κ1) is 13.2. The fourth-order valence-electron chi connectivity index (χ4n) is 1.61. The summed E-state index contributed by atoms with van der Waals surface area (Å²) in [6, 6.07) is 5.75. The lowest BCUT2D eigenvalue weighted by atomic mass is 10.3. The number of anilines is 2. The van der Waals surface area contributed by atoms with Gasteiger partial charge in [-0.25, -0.2) is 9.97 Å². The van der Waals surface area contributed by atoms with E-state index in [1.54, 1.807) is 6.20 Å². The minimum atomic E-state index is 0.0962. The molecule has 6 heteroatoms. The second-order valence-corrected chi connectivity index (χ2v) is 4.12. The molecule has 0 aliphatic heterocycles. The summed E-state index contributed by atoms with van der Waals surface area (Å²) in [5, 5.41) is 12.1. The van der Waals surface area contributed by atoms with Gasteiger partial charge < -0.3 is 15.3 Å². The van der Waals surface area contributed by atoms with Gasteiger partial charge in [0.05, 0.1) is 6.61 Å². The van der Waals surface area contributed by atoms with Crippen LogP contribution in [0.15, 0.2) is 36.9 Å². The Kier molecular flexibility index (Phi) is 4.63. The molecular weight excluding hydrogens is 242 g/mol. The van der Waals surface area contributed by atoms with Crippen LogP contribution in [0.2, 0.25) is 0 Å². The highest BCUT2D eigenvalue weighted by Crippen LogP contribution is 2.13. The van der Waals surface area contributed by atoms with Crippen LogP contribution in [0.1, 0.15) is 5.56 Å². The molecule has 2 rings (SSSR count). The first-order valence-corrected chi connectivity index (χ1v) is 6.06. The largest absolute Gasteiger partial charge is 0.395 e. The Balaban J connectivity index is 1.99. The molecule has 0 radical (unpaired) electrons. The number of likely N-dealkylation sites (N-methyl/N-ethyl adjacent to an activating group) is 1. The zero-order valence-corrected chi connectivity index (χ0v) is 10.8. The van der Waals surface area contributed by atoms with Gasteiger partial charge in [-0.2, -0.15) is 0 Å². The molecule has 0 unspecified atom stereocenters. The van der Waals surface area contributed by atoms with E-state index in [0.29, 0.717) is 13.1 Å². The molecule has 0 fully saturated rings. The summed E-state index contributed by atoms with van der Waals surface area (Å²) in [5.41, 5.74) is 1.09. The maximum atomic E-state index is 8.91. The Morgan fingerprint density at radius 3 is 3.00 bits per heavy atom. The molecule has 2 heterocycles. The highest BCUT2D eigenvalue weighted by Gasteiger charge is 2.03. The van der Waals surface area contributed by atoms with Crippen molar-refractivity contribution in [1.29, 1.82) is 0 Å². The summed E-state index contributed by atoms with van der Waals surface area (Å²) in [4.78, 5) is 14.3. The maximum Gasteiger partial charge on any atom is 0.133 e. The van der Waals surface area contributed by atoms with Crippen LogP contribution in [0.5, 0.6) is 0 Å². The first-order valence-electron chi connectivity index (χ1n) is 6.06. The van der Waals surface area contributed by atoms with Gasteiger partial charge in [-0.3, -0.25) is 4.98 Å². The van der Waals surface area contributed by atoms with Gasteiger partial charge in [0.1, 0.15) is 18.0 Å². The number of aromatic nitrogens is 3. The third-order valence-electron chi connectivity index (χ3n) is 2.68. The van der Waals surface area contributed by atoms with Crippen LogP contribution in [-0.2, 0) is 6.54 Å². The third-order valence-corrected chi connectivity index (χ3v) is 2.68. The predicted molar refractivity (Wildman–Crippen MR) is 74.0 cm³/mol. The number of aliphatic hydroxyl groups excluding tert-OH is 1. The van der Waals surface area contributed by atoms with Crippen molar-refractivity contribution < 1.29 is 5.11 Å². The van der Waals surface area contributed by atoms with Crippen molar-refractivity contribution in [3.05, 3.63) is 42.5 Å². The Morgan fingerprint density at radius 2 is 2.26 bits per heavy atom. The van der Waals surface area contributed by atoms with Crippen LogP contribution >= 0.6 is 0 Å². The van der Waals surface area contributed by atoms with E-state index in [-0.39, 0.29) is 6.61 Å². The van der Waals surface area contributed by atoms with E-state index in [0.717, 1.165) is 17.2 Å². The van der Waals surface area contributed by atoms with Gasteiger partial charge >= 0.3 is 0 Å². The van der Waals surface area contributed by atoms with Gasteiger partial charge in [0.2, 0.25) is 0 Å². The number of aliphatic hydroxyl groups is 1. The number of hydrogen-bond donors (Lipinski definition) is 2. The lowest BCUT2D eigenvalue weighted by Crippen LogP contribution is -2.22. The molecule has 0 saturated heterocycles. The molecule has 2 aromatic heterocycles. The molecule has 0 bridgehead atoms. The summed E-state index contributed by atoms with van der Waals surface area (Å²) in [5.74, 6) is 1.52. The molecule has 6 nitrogen and oxygen atoms in total. The molecule has 0 saturated carbocycles. The number of nitrogens with one attached hydrogen (secondary N) is 1. The maximum absolute atomic E-state index is 8.91. The number of hydrogen-bond acceptors (Lipinski definition) is 6. The van der Waals surface area contributed by atoms with Crippen LogP contribution in [0.4, 0.5) is 11.6 Å². The number of pyridine rings is 1. The van der Waals surface area contributed by atoms with Crippen LogP contribution in [0.3, 0.4) is 0 Å².